The van der Waals surface area contributed by atoms with Gasteiger partial charge in [0.15, 0.2) is 0 Å². The molecule has 3 N–H and O–H groups in total. The van der Waals surface area contributed by atoms with Crippen molar-refractivity contribution in [2.75, 3.05) is 6.54 Å². The molecule has 0 aliphatic carbocycles. The fourth-order valence-corrected chi connectivity index (χ4v) is 1.62. The zero-order valence-electron chi connectivity index (χ0n) is 9.00. The van der Waals surface area contributed by atoms with Crippen molar-refractivity contribution in [1.29, 1.82) is 0 Å². The van der Waals surface area contributed by atoms with E-state index in [4.69, 9.17) is 10.8 Å². The molecule has 1 aromatic heterocycles. The first-order chi connectivity index (χ1) is 7.83. The van der Waals surface area contributed by atoms with Crippen LogP contribution in [0, 0.1) is 0 Å². The lowest BCUT2D eigenvalue weighted by molar-refractivity contribution is 0.282. The third kappa shape index (κ3) is 2.29. The first kappa shape index (κ1) is 10.9. The second-order valence-electron chi connectivity index (χ2n) is 3.64. The molecule has 0 fully saturated rings. The molecule has 0 radical (unpaired) electrons. The maximum Gasteiger partial charge on any atom is 0.0682 e. The Morgan fingerprint density at radius 1 is 1.31 bits per heavy atom. The van der Waals surface area contributed by atoms with Gasteiger partial charge in [-0.05, 0) is 17.2 Å². The highest BCUT2D eigenvalue weighted by molar-refractivity contribution is 5.62. The summed E-state index contributed by atoms with van der Waals surface area (Å²) in [6.45, 7) is 1.36. The summed E-state index contributed by atoms with van der Waals surface area (Å²) in [6, 6.07) is 7.79. The van der Waals surface area contributed by atoms with Gasteiger partial charge in [0.2, 0.25) is 0 Å². The van der Waals surface area contributed by atoms with Gasteiger partial charge < -0.3 is 10.8 Å². The molecule has 0 aliphatic rings. The van der Waals surface area contributed by atoms with Crippen LogP contribution in [0.1, 0.15) is 5.56 Å². The summed E-state index contributed by atoms with van der Waals surface area (Å²) in [5, 5.41) is 13.3. The van der Waals surface area contributed by atoms with Crippen molar-refractivity contribution in [2.24, 2.45) is 5.73 Å². The number of aliphatic hydroxyl groups is 1. The molecule has 0 unspecified atom stereocenters. The van der Waals surface area contributed by atoms with Crippen LogP contribution in [0.4, 0.5) is 0 Å². The Kier molecular flexibility index (Phi) is 3.34. The van der Waals surface area contributed by atoms with E-state index in [-0.39, 0.29) is 6.61 Å². The lowest BCUT2D eigenvalue weighted by Crippen LogP contribution is -2.09. The summed E-state index contributed by atoms with van der Waals surface area (Å²) in [5.41, 5.74) is 8.48. The normalized spacial score (nSPS) is 10.6. The van der Waals surface area contributed by atoms with Crippen LogP contribution in [0.5, 0.6) is 0 Å². The Bertz CT molecular complexity index is 465. The van der Waals surface area contributed by atoms with Crippen LogP contribution >= 0.6 is 0 Å². The van der Waals surface area contributed by atoms with Gasteiger partial charge in [-0.15, -0.1) is 0 Å². The molecule has 4 nitrogen and oxygen atoms in total. The second kappa shape index (κ2) is 4.92. The van der Waals surface area contributed by atoms with Gasteiger partial charge in [-0.1, -0.05) is 18.2 Å². The number of nitrogens with zero attached hydrogens (tertiary/aromatic N) is 2. The van der Waals surface area contributed by atoms with Crippen molar-refractivity contribution in [3.8, 4) is 11.1 Å². The molecule has 1 aromatic carbocycles. The Labute approximate surface area is 94.3 Å². The minimum atomic E-state index is 0.0603. The van der Waals surface area contributed by atoms with Crippen LogP contribution < -0.4 is 5.73 Å². The molecule has 16 heavy (non-hydrogen) atoms. The van der Waals surface area contributed by atoms with E-state index in [0.717, 1.165) is 23.2 Å². The number of nitrogens with two attached hydrogens (primary N) is 1. The molecule has 0 saturated carbocycles. The predicted octanol–water partition coefficient (Wildman–Crippen LogP) is 1.00. The Hall–Kier alpha value is -1.65. The summed E-state index contributed by atoms with van der Waals surface area (Å²) < 4.78 is 1.82. The Balaban J connectivity index is 2.27. The van der Waals surface area contributed by atoms with Gasteiger partial charge in [-0.25, -0.2) is 0 Å². The van der Waals surface area contributed by atoms with Gasteiger partial charge >= 0.3 is 0 Å². The van der Waals surface area contributed by atoms with E-state index in [1.165, 1.54) is 0 Å². The maximum absolute atomic E-state index is 9.06. The third-order valence-corrected chi connectivity index (χ3v) is 2.43. The minimum Gasteiger partial charge on any atom is -0.392 e. The van der Waals surface area contributed by atoms with Gasteiger partial charge in [0.05, 0.1) is 19.3 Å². The van der Waals surface area contributed by atoms with E-state index in [1.807, 2.05) is 41.3 Å². The van der Waals surface area contributed by atoms with Crippen molar-refractivity contribution in [1.82, 2.24) is 9.78 Å². The first-order valence-electron chi connectivity index (χ1n) is 5.26. The van der Waals surface area contributed by atoms with Gasteiger partial charge in [-0.2, -0.15) is 5.10 Å². The zero-order valence-corrected chi connectivity index (χ0v) is 9.00. The molecule has 1 heterocycles. The summed E-state index contributed by atoms with van der Waals surface area (Å²) in [7, 11) is 0. The SMILES string of the molecule is NCCn1cc(-c2cccc(CO)c2)cn1. The van der Waals surface area contributed by atoms with Crippen molar-refractivity contribution in [2.45, 2.75) is 13.2 Å². The van der Waals surface area contributed by atoms with Crippen LogP contribution in [0.3, 0.4) is 0 Å². The quantitative estimate of drug-likeness (QED) is 0.803. The molecular formula is C12H15N3O. The molecular weight excluding hydrogens is 202 g/mol. The fraction of sp³-hybridized carbons (Fsp3) is 0.250. The molecule has 2 rings (SSSR count). The highest BCUT2D eigenvalue weighted by atomic mass is 16.3. The molecule has 0 aliphatic heterocycles. The highest BCUT2D eigenvalue weighted by Gasteiger charge is 2.02. The Morgan fingerprint density at radius 2 is 2.19 bits per heavy atom. The van der Waals surface area contributed by atoms with Crippen molar-refractivity contribution in [3.05, 3.63) is 42.2 Å². The summed E-state index contributed by atoms with van der Waals surface area (Å²) >= 11 is 0. The molecule has 84 valence electrons. The average Bonchev–Trinajstić information content (AvgIpc) is 2.78. The molecule has 0 saturated heterocycles. The summed E-state index contributed by atoms with van der Waals surface area (Å²) in [4.78, 5) is 0. The van der Waals surface area contributed by atoms with E-state index in [9.17, 15) is 0 Å². The number of aliphatic hydroxyl groups excluding tert-OH is 1. The smallest absolute Gasteiger partial charge is 0.0682 e. The van der Waals surface area contributed by atoms with E-state index in [1.54, 1.807) is 0 Å². The maximum atomic E-state index is 9.06. The van der Waals surface area contributed by atoms with E-state index < -0.39 is 0 Å². The van der Waals surface area contributed by atoms with E-state index in [2.05, 4.69) is 5.10 Å². The minimum absolute atomic E-state index is 0.0603. The Morgan fingerprint density at radius 3 is 2.94 bits per heavy atom. The highest BCUT2D eigenvalue weighted by Crippen LogP contribution is 2.19. The standard InChI is InChI=1S/C12H15N3O/c13-4-5-15-8-12(7-14-15)11-3-1-2-10(6-11)9-16/h1-3,6-8,16H,4-5,9,13H2. The lowest BCUT2D eigenvalue weighted by atomic mass is 10.1. The molecule has 0 spiro atoms. The van der Waals surface area contributed by atoms with E-state index >= 15 is 0 Å². The number of hydrogen-bond donors (Lipinski definition) is 2. The lowest BCUT2D eigenvalue weighted by Gasteiger charge is -2.00. The van der Waals surface area contributed by atoms with Crippen molar-refractivity contribution in [3.63, 3.8) is 0 Å². The van der Waals surface area contributed by atoms with Gasteiger partial charge in [0.1, 0.15) is 0 Å². The second-order valence-corrected chi connectivity index (χ2v) is 3.64. The van der Waals surface area contributed by atoms with Crippen LogP contribution in [-0.2, 0) is 13.2 Å². The number of rotatable bonds is 4. The molecule has 0 amide bonds. The molecule has 0 atom stereocenters. The first-order valence-corrected chi connectivity index (χ1v) is 5.26. The fourth-order valence-electron chi connectivity index (χ4n) is 1.62. The van der Waals surface area contributed by atoms with Gasteiger partial charge in [-0.3, -0.25) is 4.68 Å². The molecule has 4 heteroatoms. The molecule has 0 bridgehead atoms. The van der Waals surface area contributed by atoms with Gasteiger partial charge in [0.25, 0.3) is 0 Å². The third-order valence-electron chi connectivity index (χ3n) is 2.43. The monoisotopic (exact) mass is 217 g/mol. The zero-order chi connectivity index (χ0) is 11.4. The predicted molar refractivity (Wildman–Crippen MR) is 62.6 cm³/mol. The summed E-state index contributed by atoms with van der Waals surface area (Å²) in [5.74, 6) is 0. The van der Waals surface area contributed by atoms with Gasteiger partial charge in [0, 0.05) is 18.3 Å². The van der Waals surface area contributed by atoms with Crippen LogP contribution in [-0.4, -0.2) is 21.4 Å². The van der Waals surface area contributed by atoms with Crippen molar-refractivity contribution < 1.29 is 5.11 Å². The van der Waals surface area contributed by atoms with Crippen molar-refractivity contribution >= 4 is 0 Å². The van der Waals surface area contributed by atoms with Crippen LogP contribution in [0.2, 0.25) is 0 Å². The van der Waals surface area contributed by atoms with Crippen LogP contribution in [0.25, 0.3) is 11.1 Å². The number of hydrogen-bond acceptors (Lipinski definition) is 3. The number of benzene rings is 1. The van der Waals surface area contributed by atoms with E-state index in [0.29, 0.717) is 6.54 Å². The largest absolute Gasteiger partial charge is 0.392 e. The topological polar surface area (TPSA) is 64.1 Å². The average molecular weight is 217 g/mol. The molecule has 2 aromatic rings. The summed E-state index contributed by atoms with van der Waals surface area (Å²) in [6.07, 6.45) is 3.77. The number of aromatic nitrogens is 2. The van der Waals surface area contributed by atoms with Crippen LogP contribution in [0.15, 0.2) is 36.7 Å².